The molecular weight excluding hydrogens is 583 g/mol. The highest BCUT2D eigenvalue weighted by atomic mass is 19.4. The lowest BCUT2D eigenvalue weighted by atomic mass is 9.76. The second-order valence-corrected chi connectivity index (χ2v) is 10.1. The molecule has 0 saturated carbocycles. The fraction of sp³-hybridized carbons (Fsp3) is 0.310. The Balaban J connectivity index is 1.49. The van der Waals surface area contributed by atoms with Crippen molar-refractivity contribution >= 4 is 27.8 Å². The molecule has 1 aromatic heterocycles. The first-order valence-electron chi connectivity index (χ1n) is 13.2. The molecule has 0 spiro atoms. The largest absolute Gasteiger partial charge is 0.491 e. The van der Waals surface area contributed by atoms with Crippen LogP contribution in [0, 0.1) is 5.82 Å². The van der Waals surface area contributed by atoms with Gasteiger partial charge in [0.15, 0.2) is 17.1 Å². The molecule has 1 aliphatic heterocycles. The number of hydrogen-bond acceptors (Lipinski definition) is 5. The molecule has 0 saturated heterocycles. The van der Waals surface area contributed by atoms with Gasteiger partial charge in [0, 0.05) is 12.8 Å². The first-order chi connectivity index (χ1) is 20.4. The Morgan fingerprint density at radius 3 is 2.35 bits per heavy atom. The smallest absolute Gasteiger partial charge is 0.416 e. The number of aromatic nitrogens is 4. The van der Waals surface area contributed by atoms with E-state index in [1.54, 1.807) is 30.3 Å². The van der Waals surface area contributed by atoms with Gasteiger partial charge in [-0.15, -0.1) is 10.2 Å². The van der Waals surface area contributed by atoms with Crippen molar-refractivity contribution in [3.63, 3.8) is 0 Å². The number of aromatic amines is 1. The molecule has 1 unspecified atom stereocenters. The van der Waals surface area contributed by atoms with Gasteiger partial charge in [0.05, 0.1) is 12.2 Å². The fourth-order valence-corrected chi connectivity index (χ4v) is 5.10. The molecule has 1 atom stereocenters. The third kappa shape index (κ3) is 6.32. The number of halogens is 7. The minimum atomic E-state index is -5.08. The fourth-order valence-electron chi connectivity index (χ4n) is 5.10. The van der Waals surface area contributed by atoms with E-state index < -0.39 is 48.0 Å². The SMILES string of the molecule is O=C1NC(c2ccc(OCCCCCC(F)(F)F)c(F)c2)(C(F)(F)F)CC(c2ccc3ccccc3c2)=C1c1nn[nH]n1. The van der Waals surface area contributed by atoms with Crippen molar-refractivity contribution in [3.8, 4) is 5.75 Å². The summed E-state index contributed by atoms with van der Waals surface area (Å²) in [5.74, 6) is -2.82. The molecule has 1 aliphatic rings. The van der Waals surface area contributed by atoms with E-state index in [4.69, 9.17) is 4.74 Å². The number of hydrogen-bond donors (Lipinski definition) is 2. The van der Waals surface area contributed by atoms with Crippen LogP contribution in [0.2, 0.25) is 0 Å². The number of tetrazole rings is 1. The Morgan fingerprint density at radius 1 is 0.907 bits per heavy atom. The zero-order valence-corrected chi connectivity index (χ0v) is 22.3. The van der Waals surface area contributed by atoms with E-state index in [1.165, 1.54) is 0 Å². The minimum absolute atomic E-state index is 0.0205. The molecule has 226 valence electrons. The van der Waals surface area contributed by atoms with Crippen LogP contribution >= 0.6 is 0 Å². The number of carbonyl (C=O) groups excluding carboxylic acids is 1. The van der Waals surface area contributed by atoms with E-state index in [2.05, 4.69) is 20.6 Å². The van der Waals surface area contributed by atoms with Gasteiger partial charge in [0.1, 0.15) is 0 Å². The quantitative estimate of drug-likeness (QED) is 0.160. The summed E-state index contributed by atoms with van der Waals surface area (Å²) in [5, 5.41) is 16.9. The van der Waals surface area contributed by atoms with Crippen molar-refractivity contribution in [1.29, 1.82) is 0 Å². The van der Waals surface area contributed by atoms with Crippen molar-refractivity contribution in [1.82, 2.24) is 25.9 Å². The molecule has 1 amide bonds. The lowest BCUT2D eigenvalue weighted by Gasteiger charge is -2.41. The number of rotatable bonds is 9. The van der Waals surface area contributed by atoms with Gasteiger partial charge in [-0.1, -0.05) is 42.5 Å². The Bertz CT molecular complexity index is 1650. The van der Waals surface area contributed by atoms with Crippen LogP contribution in [-0.4, -0.2) is 45.5 Å². The maximum absolute atomic E-state index is 15.1. The Kier molecular flexibility index (Phi) is 8.12. The Labute approximate surface area is 240 Å². The molecule has 5 rings (SSSR count). The van der Waals surface area contributed by atoms with Gasteiger partial charge in [-0.25, -0.2) is 4.39 Å². The number of H-pyrrole nitrogens is 1. The van der Waals surface area contributed by atoms with Gasteiger partial charge in [-0.2, -0.15) is 31.6 Å². The van der Waals surface area contributed by atoms with Gasteiger partial charge in [-0.3, -0.25) is 4.79 Å². The summed E-state index contributed by atoms with van der Waals surface area (Å²) in [6.45, 7) is -0.127. The zero-order chi connectivity index (χ0) is 30.8. The molecule has 2 heterocycles. The zero-order valence-electron chi connectivity index (χ0n) is 22.3. The van der Waals surface area contributed by atoms with Gasteiger partial charge >= 0.3 is 12.4 Å². The third-order valence-corrected chi connectivity index (χ3v) is 7.24. The van der Waals surface area contributed by atoms with E-state index >= 15 is 4.39 Å². The molecule has 0 radical (unpaired) electrons. The molecule has 14 heteroatoms. The van der Waals surface area contributed by atoms with Crippen LogP contribution in [0.5, 0.6) is 5.75 Å². The van der Waals surface area contributed by atoms with Gasteiger partial charge < -0.3 is 10.1 Å². The Hall–Kier alpha value is -4.49. The van der Waals surface area contributed by atoms with Crippen molar-refractivity contribution in [2.45, 2.75) is 50.0 Å². The number of nitrogens with zero attached hydrogens (tertiary/aromatic N) is 3. The number of unbranched alkanes of at least 4 members (excludes halogenated alkanes) is 2. The maximum Gasteiger partial charge on any atom is 0.416 e. The second-order valence-electron chi connectivity index (χ2n) is 10.1. The van der Waals surface area contributed by atoms with Gasteiger partial charge in [0.25, 0.3) is 5.91 Å². The van der Waals surface area contributed by atoms with Crippen LogP contribution in [0.15, 0.2) is 60.7 Å². The summed E-state index contributed by atoms with van der Waals surface area (Å²) in [6.07, 6.45) is -10.9. The van der Waals surface area contributed by atoms with E-state index in [1.807, 2.05) is 17.4 Å². The lowest BCUT2D eigenvalue weighted by molar-refractivity contribution is -0.201. The normalized spacial score (nSPS) is 17.8. The first kappa shape index (κ1) is 30.0. The van der Waals surface area contributed by atoms with Crippen LogP contribution < -0.4 is 10.1 Å². The summed E-state index contributed by atoms with van der Waals surface area (Å²) in [6, 6.07) is 14.8. The van der Waals surface area contributed by atoms with Crippen molar-refractivity contribution in [2.24, 2.45) is 0 Å². The summed E-state index contributed by atoms with van der Waals surface area (Å²) >= 11 is 0. The van der Waals surface area contributed by atoms with Crippen LogP contribution in [0.3, 0.4) is 0 Å². The predicted molar refractivity (Wildman–Crippen MR) is 142 cm³/mol. The van der Waals surface area contributed by atoms with Gasteiger partial charge in [-0.05, 0) is 70.1 Å². The molecule has 3 aromatic carbocycles. The predicted octanol–water partition coefficient (Wildman–Crippen LogP) is 6.88. The van der Waals surface area contributed by atoms with Gasteiger partial charge in [0.2, 0.25) is 5.82 Å². The summed E-state index contributed by atoms with van der Waals surface area (Å²) < 4.78 is 102. The third-order valence-electron chi connectivity index (χ3n) is 7.24. The van der Waals surface area contributed by atoms with Crippen LogP contribution in [0.25, 0.3) is 21.9 Å². The molecule has 0 aliphatic carbocycles. The topological polar surface area (TPSA) is 92.8 Å². The highest BCUT2D eigenvalue weighted by Crippen LogP contribution is 2.50. The molecular formula is C29H24F7N5O2. The highest BCUT2D eigenvalue weighted by Gasteiger charge is 2.60. The number of fused-ring (bicyclic) bond motifs is 1. The summed E-state index contributed by atoms with van der Waals surface area (Å²) in [5.41, 5.74) is -3.53. The number of ether oxygens (including phenoxy) is 1. The minimum Gasteiger partial charge on any atom is -0.491 e. The maximum atomic E-state index is 15.1. The monoisotopic (exact) mass is 607 g/mol. The average Bonchev–Trinajstić information content (AvgIpc) is 3.48. The standard InChI is InChI=1S/C29H24F7N5O2/c30-22-15-20(10-11-23(22)43-13-5-1-4-12-28(31,32)33)27(29(34,35)36)16-21(24(26(42)37-27)25-38-40-41-39-25)19-9-8-17-6-2-3-7-18(17)14-19/h2-3,6-11,14-15H,1,4-5,12-13,16H2,(H,37,42)(H,38,39,40,41). The summed E-state index contributed by atoms with van der Waals surface area (Å²) in [7, 11) is 0. The van der Waals surface area contributed by atoms with Crippen molar-refractivity contribution in [2.75, 3.05) is 6.61 Å². The number of carbonyl (C=O) groups is 1. The second kappa shape index (κ2) is 11.7. The van der Waals surface area contributed by atoms with E-state index in [9.17, 15) is 31.1 Å². The number of nitrogens with one attached hydrogen (secondary N) is 2. The molecule has 0 bridgehead atoms. The number of amides is 1. The number of alkyl halides is 6. The summed E-state index contributed by atoms with van der Waals surface area (Å²) in [4.78, 5) is 13.4. The molecule has 43 heavy (non-hydrogen) atoms. The lowest BCUT2D eigenvalue weighted by Crippen LogP contribution is -2.58. The molecule has 7 nitrogen and oxygen atoms in total. The molecule has 4 aromatic rings. The molecule has 0 fully saturated rings. The van der Waals surface area contributed by atoms with Crippen LogP contribution in [0.1, 0.15) is 49.1 Å². The average molecular weight is 608 g/mol. The number of benzene rings is 3. The van der Waals surface area contributed by atoms with E-state index in [0.717, 1.165) is 22.9 Å². The van der Waals surface area contributed by atoms with Crippen molar-refractivity contribution in [3.05, 3.63) is 83.4 Å². The van der Waals surface area contributed by atoms with Crippen LogP contribution in [0.4, 0.5) is 30.7 Å². The van der Waals surface area contributed by atoms with Crippen LogP contribution in [-0.2, 0) is 10.3 Å². The van der Waals surface area contributed by atoms with E-state index in [0.29, 0.717) is 11.6 Å². The highest BCUT2D eigenvalue weighted by molar-refractivity contribution is 6.27. The molecule has 2 N–H and O–H groups in total. The van der Waals surface area contributed by atoms with E-state index in [-0.39, 0.29) is 48.6 Å². The first-order valence-corrected chi connectivity index (χ1v) is 13.2. The van der Waals surface area contributed by atoms with Crippen molar-refractivity contribution < 1.29 is 40.3 Å². The Morgan fingerprint density at radius 2 is 1.67 bits per heavy atom.